The standard InChI is InChI=1S/C42H70O7S.Na/c1-3-5-7-9-11-13-15-17-19-21-23-25-27-29-31-36-48-41(43)38-34-33-35-39(50(45,46)47)40(38)42(44)49-37-32-30-28-26-24-22-20-18-16-14-12-10-8-6-4-2;/h3-6,33-35H,7-32,36-37H2,1-2H3,(H,45,46,47);/q;+1/p-1/b5-3+,6-4+;. The van der Waals surface area contributed by atoms with Gasteiger partial charge in [-0.2, -0.15) is 0 Å². The van der Waals surface area contributed by atoms with Crippen LogP contribution in [0.4, 0.5) is 0 Å². The van der Waals surface area contributed by atoms with Crippen molar-refractivity contribution in [2.75, 3.05) is 13.2 Å². The van der Waals surface area contributed by atoms with Crippen LogP contribution in [-0.4, -0.2) is 38.1 Å². The van der Waals surface area contributed by atoms with Crippen molar-refractivity contribution in [1.29, 1.82) is 0 Å². The quantitative estimate of drug-likeness (QED) is 0.0232. The maximum absolute atomic E-state index is 13.0. The van der Waals surface area contributed by atoms with E-state index in [1.807, 2.05) is 0 Å². The predicted octanol–water partition coefficient (Wildman–Crippen LogP) is 9.20. The molecular weight excluding hydrogens is 672 g/mol. The molecule has 1 aromatic carbocycles. The van der Waals surface area contributed by atoms with Crippen LogP contribution >= 0.6 is 0 Å². The van der Waals surface area contributed by atoms with Crippen LogP contribution in [0.25, 0.3) is 0 Å². The molecule has 0 spiro atoms. The normalized spacial score (nSPS) is 11.7. The van der Waals surface area contributed by atoms with Gasteiger partial charge in [0.2, 0.25) is 0 Å². The van der Waals surface area contributed by atoms with Gasteiger partial charge in [-0.15, -0.1) is 0 Å². The van der Waals surface area contributed by atoms with Gasteiger partial charge in [0.25, 0.3) is 0 Å². The molecule has 0 saturated carbocycles. The van der Waals surface area contributed by atoms with Crippen molar-refractivity contribution in [2.24, 2.45) is 0 Å². The Morgan fingerprint density at radius 3 is 1.24 bits per heavy atom. The molecule has 0 bridgehead atoms. The van der Waals surface area contributed by atoms with Crippen molar-refractivity contribution >= 4 is 22.1 Å². The Kier molecular flexibility index (Phi) is 33.4. The smallest absolute Gasteiger partial charge is 0.744 e. The molecule has 0 atom stereocenters. The summed E-state index contributed by atoms with van der Waals surface area (Å²) in [5.41, 5.74) is -0.780. The molecule has 0 aliphatic carbocycles. The van der Waals surface area contributed by atoms with E-state index in [0.717, 1.165) is 44.6 Å². The van der Waals surface area contributed by atoms with E-state index >= 15 is 0 Å². The maximum atomic E-state index is 13.0. The third kappa shape index (κ3) is 26.9. The molecule has 0 heterocycles. The van der Waals surface area contributed by atoms with Crippen LogP contribution in [0.1, 0.15) is 202 Å². The number of carbonyl (C=O) groups is 2. The van der Waals surface area contributed by atoms with E-state index < -0.39 is 32.5 Å². The van der Waals surface area contributed by atoms with Gasteiger partial charge in [-0.1, -0.05) is 159 Å². The zero-order valence-electron chi connectivity index (χ0n) is 32.6. The van der Waals surface area contributed by atoms with Crippen molar-refractivity contribution in [3.05, 3.63) is 53.6 Å². The third-order valence-electron chi connectivity index (χ3n) is 9.19. The number of benzene rings is 1. The van der Waals surface area contributed by atoms with Crippen LogP contribution in [-0.2, 0) is 19.6 Å². The van der Waals surface area contributed by atoms with Gasteiger partial charge in [0.15, 0.2) is 0 Å². The molecule has 0 aliphatic heterocycles. The molecule has 0 aromatic heterocycles. The molecule has 7 nitrogen and oxygen atoms in total. The molecule has 9 heteroatoms. The van der Waals surface area contributed by atoms with Crippen molar-refractivity contribution in [2.45, 2.75) is 186 Å². The van der Waals surface area contributed by atoms with Crippen LogP contribution in [0.2, 0.25) is 0 Å². The van der Waals surface area contributed by atoms with E-state index in [-0.39, 0.29) is 48.3 Å². The molecule has 1 rings (SSSR count). The number of rotatable bonds is 33. The number of ether oxygens (including phenoxy) is 2. The summed E-state index contributed by atoms with van der Waals surface area (Å²) in [4.78, 5) is 25.1. The second-order valence-electron chi connectivity index (χ2n) is 13.6. The topological polar surface area (TPSA) is 110 Å². The molecule has 0 aliphatic rings. The number of hydrogen-bond acceptors (Lipinski definition) is 7. The fourth-order valence-electron chi connectivity index (χ4n) is 6.20. The van der Waals surface area contributed by atoms with Crippen molar-refractivity contribution < 1.29 is 61.6 Å². The fraction of sp³-hybridized carbons (Fsp3) is 0.714. The maximum Gasteiger partial charge on any atom is 1.00 e. The first kappa shape index (κ1) is 49.6. The molecule has 0 amide bonds. The van der Waals surface area contributed by atoms with Crippen LogP contribution in [0.5, 0.6) is 0 Å². The third-order valence-corrected chi connectivity index (χ3v) is 10.1. The number of allylic oxidation sites excluding steroid dienone is 4. The summed E-state index contributed by atoms with van der Waals surface area (Å²) in [6, 6.07) is 3.62. The van der Waals surface area contributed by atoms with Crippen molar-refractivity contribution in [3.63, 3.8) is 0 Å². The second-order valence-corrected chi connectivity index (χ2v) is 15.0. The predicted molar refractivity (Wildman–Crippen MR) is 205 cm³/mol. The zero-order chi connectivity index (χ0) is 36.5. The van der Waals surface area contributed by atoms with Crippen molar-refractivity contribution in [3.8, 4) is 0 Å². The average molecular weight is 741 g/mol. The molecule has 0 saturated heterocycles. The minimum absolute atomic E-state index is 0. The SMILES string of the molecule is C/C=C/CCCCCCCCCCCCCCOC(=O)c1cccc(S(=O)(=O)[O-])c1C(=O)OCCCCCCCCCCCCCC/C=C/C.[Na+]. The van der Waals surface area contributed by atoms with E-state index in [9.17, 15) is 22.6 Å². The Labute approximate surface area is 334 Å². The van der Waals surface area contributed by atoms with Gasteiger partial charge in [-0.05, 0) is 64.5 Å². The van der Waals surface area contributed by atoms with Crippen LogP contribution in [0, 0.1) is 0 Å². The largest absolute Gasteiger partial charge is 1.00 e. The van der Waals surface area contributed by atoms with E-state index in [4.69, 9.17) is 9.47 Å². The first-order valence-electron chi connectivity index (χ1n) is 20.0. The fourth-order valence-corrected chi connectivity index (χ4v) is 6.89. The molecule has 1 aromatic rings. The summed E-state index contributed by atoms with van der Waals surface area (Å²) >= 11 is 0. The average Bonchev–Trinajstić information content (AvgIpc) is 3.10. The Bertz CT molecular complexity index is 1180. The van der Waals surface area contributed by atoms with Gasteiger partial charge >= 0.3 is 41.5 Å². The van der Waals surface area contributed by atoms with Crippen LogP contribution in [0.3, 0.4) is 0 Å². The van der Waals surface area contributed by atoms with Crippen LogP contribution < -0.4 is 29.6 Å². The first-order chi connectivity index (χ1) is 24.3. The second kappa shape index (κ2) is 34.3. The van der Waals surface area contributed by atoms with Gasteiger partial charge in [0.05, 0.1) is 29.2 Å². The number of hydrogen-bond donors (Lipinski definition) is 0. The van der Waals surface area contributed by atoms with E-state index in [1.165, 1.54) is 128 Å². The van der Waals surface area contributed by atoms with E-state index in [0.29, 0.717) is 12.8 Å². The zero-order valence-corrected chi connectivity index (χ0v) is 35.4. The van der Waals surface area contributed by atoms with Crippen molar-refractivity contribution in [1.82, 2.24) is 0 Å². The first-order valence-corrected chi connectivity index (χ1v) is 21.4. The number of carbonyl (C=O) groups excluding carboxylic acids is 2. The van der Waals surface area contributed by atoms with E-state index in [1.54, 1.807) is 0 Å². The minimum atomic E-state index is -5.01. The van der Waals surface area contributed by atoms with Gasteiger partial charge in [-0.3, -0.25) is 0 Å². The molecule has 0 fully saturated rings. The van der Waals surface area contributed by atoms with Gasteiger partial charge in [0.1, 0.15) is 10.1 Å². The van der Waals surface area contributed by atoms with Gasteiger partial charge < -0.3 is 14.0 Å². The summed E-state index contributed by atoms with van der Waals surface area (Å²) in [6.07, 6.45) is 39.1. The Hall–Kier alpha value is -1.45. The summed E-state index contributed by atoms with van der Waals surface area (Å²) < 4.78 is 46.6. The molecule has 0 unspecified atom stereocenters. The summed E-state index contributed by atoms with van der Waals surface area (Å²) in [6.45, 7) is 4.39. The molecule has 286 valence electrons. The Morgan fingerprint density at radius 1 is 0.549 bits per heavy atom. The summed E-state index contributed by atoms with van der Waals surface area (Å²) in [5, 5.41) is 0. The Morgan fingerprint density at radius 2 is 0.882 bits per heavy atom. The minimum Gasteiger partial charge on any atom is -0.744 e. The summed E-state index contributed by atoms with van der Waals surface area (Å²) in [5.74, 6) is -1.81. The Balaban J connectivity index is 0.0000250. The molecule has 0 radical (unpaired) electrons. The summed E-state index contributed by atoms with van der Waals surface area (Å²) in [7, 11) is -5.01. The van der Waals surface area contributed by atoms with Gasteiger partial charge in [0, 0.05) is 0 Å². The molecule has 51 heavy (non-hydrogen) atoms. The van der Waals surface area contributed by atoms with Crippen LogP contribution in [0.15, 0.2) is 47.4 Å². The number of esters is 2. The molecule has 0 N–H and O–H groups in total. The van der Waals surface area contributed by atoms with Gasteiger partial charge in [-0.25, -0.2) is 18.0 Å². The molecular formula is C42H69NaO7S. The number of unbranched alkanes of at least 4 members (excludes halogenated alkanes) is 24. The van der Waals surface area contributed by atoms with E-state index in [2.05, 4.69) is 38.2 Å². The monoisotopic (exact) mass is 740 g/mol.